The Balaban J connectivity index is 1.53. The third-order valence-corrected chi connectivity index (χ3v) is 8.49. The number of halogens is 1. The highest BCUT2D eigenvalue weighted by Gasteiger charge is 2.54. The summed E-state index contributed by atoms with van der Waals surface area (Å²) in [5.74, 6) is 1.71. The van der Waals surface area contributed by atoms with Gasteiger partial charge in [0.15, 0.2) is 0 Å². The van der Waals surface area contributed by atoms with E-state index in [2.05, 4.69) is 33.6 Å². The standard InChI is InChI=1S/C28H30BrN2O3/c1-3-18-16-31(17-27(32)19-4-6-21(29)7-5-19)13-11-20(18)14-26(31)28(33)23-10-12-30-25-9-8-22(34-2)15-24(23)25/h3-10,12,15,18,20,26,28,33H,1,11,13-14,16-17H2,2H3/q+1/t18-,20-,26-,28+,31?/m0/s1. The molecule has 0 saturated carbocycles. The van der Waals surface area contributed by atoms with E-state index in [1.165, 1.54) is 0 Å². The Kier molecular flexibility index (Phi) is 6.32. The number of quaternary nitrogens is 1. The van der Waals surface area contributed by atoms with Gasteiger partial charge in [0.05, 0.1) is 25.7 Å². The van der Waals surface area contributed by atoms with Gasteiger partial charge in [-0.25, -0.2) is 0 Å². The van der Waals surface area contributed by atoms with E-state index < -0.39 is 6.10 Å². The molecule has 2 aromatic carbocycles. The molecule has 0 aliphatic carbocycles. The van der Waals surface area contributed by atoms with E-state index in [1.54, 1.807) is 13.3 Å². The van der Waals surface area contributed by atoms with Gasteiger partial charge in [-0.05, 0) is 47.9 Å². The molecule has 176 valence electrons. The summed E-state index contributed by atoms with van der Waals surface area (Å²) in [6.07, 6.45) is 5.03. The zero-order valence-electron chi connectivity index (χ0n) is 19.4. The highest BCUT2D eigenvalue weighted by Crippen LogP contribution is 2.47. The smallest absolute Gasteiger partial charge is 0.216 e. The Morgan fingerprint density at radius 2 is 2.09 bits per heavy atom. The Morgan fingerprint density at radius 3 is 2.82 bits per heavy atom. The fraction of sp³-hybridized carbons (Fsp3) is 0.357. The molecule has 1 N–H and O–H groups in total. The first-order valence-corrected chi connectivity index (χ1v) is 12.6. The van der Waals surface area contributed by atoms with Gasteiger partial charge in [0, 0.05) is 40.4 Å². The van der Waals surface area contributed by atoms with Crippen molar-refractivity contribution in [3.63, 3.8) is 0 Å². The second kappa shape index (κ2) is 9.25. The number of aliphatic hydroxyl groups excluding tert-OH is 1. The Morgan fingerprint density at radius 1 is 1.29 bits per heavy atom. The first-order valence-electron chi connectivity index (χ1n) is 11.8. The van der Waals surface area contributed by atoms with E-state index in [0.717, 1.165) is 52.6 Å². The van der Waals surface area contributed by atoms with Crippen molar-refractivity contribution < 1.29 is 19.1 Å². The van der Waals surface area contributed by atoms with Crippen molar-refractivity contribution in [2.75, 3.05) is 26.7 Å². The van der Waals surface area contributed by atoms with Gasteiger partial charge in [0.1, 0.15) is 24.4 Å². The van der Waals surface area contributed by atoms with E-state index in [-0.39, 0.29) is 11.8 Å². The number of ether oxygens (including phenoxy) is 1. The SMILES string of the molecule is C=C[C@H]1C[N+]2(CC(=O)c3ccc(Br)cc3)CC[C@H]1C[C@H]2[C@H](O)c1ccnc2ccc(OC)cc12. The number of rotatable bonds is 7. The van der Waals surface area contributed by atoms with E-state index >= 15 is 0 Å². The number of nitrogens with zero attached hydrogens (tertiary/aromatic N) is 2. The lowest BCUT2D eigenvalue weighted by atomic mass is 9.71. The second-order valence-corrected chi connectivity index (χ2v) is 10.6. The number of aliphatic hydroxyl groups is 1. The topological polar surface area (TPSA) is 59.4 Å². The third-order valence-electron chi connectivity index (χ3n) is 7.97. The van der Waals surface area contributed by atoms with Crippen LogP contribution in [0.2, 0.25) is 0 Å². The molecule has 3 saturated heterocycles. The van der Waals surface area contributed by atoms with Crippen molar-refractivity contribution >= 4 is 32.6 Å². The molecule has 3 aromatic rings. The monoisotopic (exact) mass is 521 g/mol. The van der Waals surface area contributed by atoms with Crippen LogP contribution in [0.5, 0.6) is 5.75 Å². The molecule has 0 spiro atoms. The van der Waals surface area contributed by atoms with Gasteiger partial charge in [0.2, 0.25) is 5.78 Å². The van der Waals surface area contributed by atoms with Gasteiger partial charge >= 0.3 is 0 Å². The Hall–Kier alpha value is -2.54. The normalized spacial score (nSPS) is 26.9. The van der Waals surface area contributed by atoms with Crippen LogP contribution < -0.4 is 4.74 Å². The van der Waals surface area contributed by atoms with E-state index in [4.69, 9.17) is 4.74 Å². The van der Waals surface area contributed by atoms with Crippen LogP contribution in [-0.4, -0.2) is 53.1 Å². The summed E-state index contributed by atoms with van der Waals surface area (Å²) in [6, 6.07) is 15.2. The van der Waals surface area contributed by atoms with Gasteiger partial charge in [-0.3, -0.25) is 9.78 Å². The summed E-state index contributed by atoms with van der Waals surface area (Å²) in [5.41, 5.74) is 2.39. The summed E-state index contributed by atoms with van der Waals surface area (Å²) >= 11 is 3.45. The van der Waals surface area contributed by atoms with Crippen LogP contribution in [0.4, 0.5) is 0 Å². The quantitative estimate of drug-likeness (QED) is 0.259. The predicted molar refractivity (Wildman–Crippen MR) is 137 cm³/mol. The predicted octanol–water partition coefficient (Wildman–Crippen LogP) is 5.33. The fourth-order valence-electron chi connectivity index (χ4n) is 6.13. The maximum Gasteiger partial charge on any atom is 0.216 e. The Bertz CT molecular complexity index is 1230. The minimum Gasteiger partial charge on any atom is -0.497 e. The van der Waals surface area contributed by atoms with Crippen molar-refractivity contribution in [1.82, 2.24) is 4.98 Å². The molecular formula is C28H30BrN2O3+. The van der Waals surface area contributed by atoms with Crippen LogP contribution in [0, 0.1) is 11.8 Å². The maximum absolute atomic E-state index is 13.4. The highest BCUT2D eigenvalue weighted by molar-refractivity contribution is 9.10. The maximum atomic E-state index is 13.4. The number of carbonyl (C=O) groups excluding carboxylic acids is 1. The van der Waals surface area contributed by atoms with E-state index in [0.29, 0.717) is 28.4 Å². The zero-order valence-corrected chi connectivity index (χ0v) is 20.9. The van der Waals surface area contributed by atoms with Gasteiger partial charge in [-0.15, -0.1) is 6.58 Å². The summed E-state index contributed by atoms with van der Waals surface area (Å²) in [6.45, 7) is 6.20. The average Bonchev–Trinajstić information content (AvgIpc) is 2.87. The molecule has 4 heterocycles. The summed E-state index contributed by atoms with van der Waals surface area (Å²) < 4.78 is 6.99. The van der Waals surface area contributed by atoms with Crippen LogP contribution in [0.3, 0.4) is 0 Å². The van der Waals surface area contributed by atoms with Crippen LogP contribution in [-0.2, 0) is 0 Å². The molecule has 6 heteroatoms. The molecule has 3 aliphatic heterocycles. The second-order valence-electron chi connectivity index (χ2n) is 9.69. The van der Waals surface area contributed by atoms with E-state index in [9.17, 15) is 9.90 Å². The number of ketones is 1. The van der Waals surface area contributed by atoms with Crippen molar-refractivity contribution in [3.8, 4) is 5.75 Å². The number of methoxy groups -OCH3 is 1. The zero-order chi connectivity index (χ0) is 23.9. The largest absolute Gasteiger partial charge is 0.497 e. The number of benzene rings is 2. The van der Waals surface area contributed by atoms with Crippen LogP contribution in [0.25, 0.3) is 10.9 Å². The molecule has 3 aliphatic rings. The summed E-state index contributed by atoms with van der Waals surface area (Å²) in [7, 11) is 1.64. The van der Waals surface area contributed by atoms with Crippen molar-refractivity contribution in [2.24, 2.45) is 11.8 Å². The van der Waals surface area contributed by atoms with Crippen LogP contribution >= 0.6 is 15.9 Å². The minimum atomic E-state index is -0.705. The minimum absolute atomic E-state index is 0.0638. The lowest BCUT2D eigenvalue weighted by Gasteiger charge is -2.57. The van der Waals surface area contributed by atoms with Crippen LogP contribution in [0.15, 0.2) is 71.9 Å². The molecule has 34 heavy (non-hydrogen) atoms. The number of hydrogen-bond donors (Lipinski definition) is 1. The number of piperidine rings is 3. The summed E-state index contributed by atoms with van der Waals surface area (Å²) in [5, 5.41) is 12.7. The molecule has 6 rings (SSSR count). The number of fused-ring (bicyclic) bond motifs is 4. The highest BCUT2D eigenvalue weighted by atomic mass is 79.9. The van der Waals surface area contributed by atoms with Crippen molar-refractivity contribution in [1.29, 1.82) is 0 Å². The van der Waals surface area contributed by atoms with Gasteiger partial charge in [0.25, 0.3) is 0 Å². The first kappa shape index (κ1) is 23.2. The fourth-order valence-corrected chi connectivity index (χ4v) is 6.40. The molecular weight excluding hydrogens is 492 g/mol. The molecule has 2 bridgehead atoms. The average molecular weight is 522 g/mol. The van der Waals surface area contributed by atoms with Crippen LogP contribution in [0.1, 0.15) is 34.9 Å². The molecule has 0 radical (unpaired) electrons. The molecule has 3 fully saturated rings. The molecule has 5 atom stereocenters. The van der Waals surface area contributed by atoms with E-state index in [1.807, 2.05) is 48.5 Å². The summed E-state index contributed by atoms with van der Waals surface area (Å²) in [4.78, 5) is 17.9. The molecule has 1 unspecified atom stereocenters. The molecule has 1 aromatic heterocycles. The van der Waals surface area contributed by atoms with Crippen molar-refractivity contribution in [2.45, 2.75) is 25.0 Å². The lowest BCUT2D eigenvalue weighted by molar-refractivity contribution is -0.966. The number of pyridine rings is 1. The third kappa shape index (κ3) is 4.08. The van der Waals surface area contributed by atoms with Gasteiger partial charge < -0.3 is 14.3 Å². The number of hydrogen-bond acceptors (Lipinski definition) is 4. The lowest BCUT2D eigenvalue weighted by Crippen LogP contribution is -2.69. The van der Waals surface area contributed by atoms with Crippen molar-refractivity contribution in [3.05, 3.63) is 83.0 Å². The van der Waals surface area contributed by atoms with Gasteiger partial charge in [-0.2, -0.15) is 0 Å². The number of carbonyl (C=O) groups is 1. The van der Waals surface area contributed by atoms with Gasteiger partial charge in [-0.1, -0.05) is 34.1 Å². The first-order chi connectivity index (χ1) is 16.4. The number of Topliss-reactive ketones (excluding diaryl/α,β-unsaturated/α-hetero) is 1. The number of aromatic nitrogens is 1. The molecule has 0 amide bonds. The Labute approximate surface area is 208 Å². The molecule has 5 nitrogen and oxygen atoms in total.